The van der Waals surface area contributed by atoms with Crippen LogP contribution in [-0.4, -0.2) is 58.8 Å². The predicted molar refractivity (Wildman–Crippen MR) is 196 cm³/mol. The summed E-state index contributed by atoms with van der Waals surface area (Å²) >= 11 is 12.5. The van der Waals surface area contributed by atoms with E-state index < -0.39 is 41.3 Å². The number of rotatable bonds is 15. The van der Waals surface area contributed by atoms with Crippen molar-refractivity contribution in [3.05, 3.63) is 105 Å². The van der Waals surface area contributed by atoms with E-state index in [1.165, 1.54) is 17.7 Å². The zero-order valence-electron chi connectivity index (χ0n) is 29.1. The number of halogens is 4. The first-order valence-corrected chi connectivity index (χ1v) is 18.6. The highest BCUT2D eigenvalue weighted by molar-refractivity contribution is 6.31. The smallest absolute Gasteiger partial charge is 0.150 e. The number of unbranched alkanes of at least 4 members (excludes halogenated alkanes) is 2. The van der Waals surface area contributed by atoms with Crippen LogP contribution < -0.4 is 11.1 Å². The molecule has 3 aromatic rings. The lowest BCUT2D eigenvalue weighted by atomic mass is 9.64. The van der Waals surface area contributed by atoms with Crippen LogP contribution in [0, 0.1) is 23.0 Å². The number of hydrogen-bond acceptors (Lipinski definition) is 6. The Kier molecular flexibility index (Phi) is 13.1. The lowest BCUT2D eigenvalue weighted by molar-refractivity contribution is -0.121. The molecule has 0 unspecified atom stereocenters. The number of piperidine rings is 1. The van der Waals surface area contributed by atoms with E-state index in [4.69, 9.17) is 34.0 Å². The lowest BCUT2D eigenvalue weighted by Gasteiger charge is -2.45. The molecule has 50 heavy (non-hydrogen) atoms. The van der Waals surface area contributed by atoms with Gasteiger partial charge in [-0.2, -0.15) is 0 Å². The lowest BCUT2D eigenvalue weighted by Crippen LogP contribution is -2.53. The molecule has 0 aromatic heterocycles. The quantitative estimate of drug-likeness (QED) is 0.120. The number of aliphatic hydroxyl groups excluding tert-OH is 2. The van der Waals surface area contributed by atoms with Gasteiger partial charge >= 0.3 is 0 Å². The van der Waals surface area contributed by atoms with Crippen LogP contribution in [0.2, 0.25) is 10.0 Å². The number of aliphatic hydroxyl groups is 2. The highest BCUT2D eigenvalue weighted by Crippen LogP contribution is 2.52. The van der Waals surface area contributed by atoms with Gasteiger partial charge in [-0.05, 0) is 85.9 Å². The minimum absolute atomic E-state index is 0.0962. The highest BCUT2D eigenvalue weighted by atomic mass is 35.5. The summed E-state index contributed by atoms with van der Waals surface area (Å²) in [7, 11) is 0. The van der Waals surface area contributed by atoms with Crippen molar-refractivity contribution in [2.24, 2.45) is 17.1 Å². The molecule has 0 amide bonds. The molecule has 0 radical (unpaired) electrons. The molecule has 2 aliphatic heterocycles. The SMILES string of the molecule is CC(C)(C[C@@H]1N[C@@H](C(=O)CCCCC[C@H](O)CO)[C@H](c2cccc(Cl)c2F)[C@@]1(N)c1ccc(Cl)cc1F)C1CCN(Cc2ccccc2)CC1. The maximum Gasteiger partial charge on any atom is 0.150 e. The molecule has 5 atom stereocenters. The van der Waals surface area contributed by atoms with Gasteiger partial charge in [0.05, 0.1) is 29.3 Å². The van der Waals surface area contributed by atoms with E-state index in [9.17, 15) is 9.90 Å². The number of Topliss-reactive ketones (excluding diaryl/α,β-unsaturated/α-hetero) is 1. The van der Waals surface area contributed by atoms with Gasteiger partial charge in [0.2, 0.25) is 0 Å². The van der Waals surface area contributed by atoms with Crippen molar-refractivity contribution in [2.75, 3.05) is 19.7 Å². The van der Waals surface area contributed by atoms with E-state index in [-0.39, 0.29) is 45.4 Å². The van der Waals surface area contributed by atoms with E-state index >= 15 is 8.78 Å². The molecule has 272 valence electrons. The van der Waals surface area contributed by atoms with Crippen molar-refractivity contribution < 1.29 is 23.8 Å². The van der Waals surface area contributed by atoms with Crippen molar-refractivity contribution in [1.29, 1.82) is 0 Å². The molecule has 2 aliphatic rings. The van der Waals surface area contributed by atoms with Crippen molar-refractivity contribution >= 4 is 29.0 Å². The predicted octanol–water partition coefficient (Wildman–Crippen LogP) is 7.75. The third-order valence-electron chi connectivity index (χ3n) is 11.2. The Hall–Kier alpha value is -2.43. The maximum atomic E-state index is 16.1. The average molecular weight is 731 g/mol. The first-order chi connectivity index (χ1) is 23.8. The van der Waals surface area contributed by atoms with Crippen LogP contribution in [0.1, 0.15) is 87.8 Å². The van der Waals surface area contributed by atoms with Crippen LogP contribution >= 0.6 is 23.2 Å². The molecule has 0 bridgehead atoms. The Morgan fingerprint density at radius 1 is 1.04 bits per heavy atom. The van der Waals surface area contributed by atoms with Crippen molar-refractivity contribution in [1.82, 2.24) is 10.2 Å². The van der Waals surface area contributed by atoms with E-state index in [1.807, 2.05) is 6.07 Å². The van der Waals surface area contributed by atoms with Gasteiger partial charge < -0.3 is 21.3 Å². The molecule has 5 N–H and O–H groups in total. The van der Waals surface area contributed by atoms with E-state index in [0.29, 0.717) is 38.0 Å². The number of nitrogens with two attached hydrogens (primary N) is 1. The van der Waals surface area contributed by atoms with E-state index in [1.54, 1.807) is 24.3 Å². The molecular weight excluding hydrogens is 679 g/mol. The standard InChI is InChI=1S/C40H51Cl2F2N3O3/c1-39(2,27-18-20-47(21-19-27)24-26-10-5-3-6-11-26)23-35-40(45,31-17-16-28(41)22-33(31)43)36(30-13-9-14-32(42)37(30)44)38(46-35)34(50)15-8-4-7-12-29(49)25-48/h3,5-6,9-11,13-14,16-17,22,27,29,35-36,38,46,48-49H,4,7-8,12,15,18-21,23-25,45H2,1-2H3/t29-,35-,36-,38-,40+/m0/s1. The van der Waals surface area contributed by atoms with Crippen molar-refractivity contribution in [3.63, 3.8) is 0 Å². The first-order valence-electron chi connectivity index (χ1n) is 17.9. The molecule has 0 aliphatic carbocycles. The van der Waals surface area contributed by atoms with Gasteiger partial charge in [0, 0.05) is 35.5 Å². The normalized spacial score (nSPS) is 24.1. The number of carbonyl (C=O) groups excluding carboxylic acids is 1. The van der Waals surface area contributed by atoms with Crippen LogP contribution in [0.25, 0.3) is 0 Å². The van der Waals surface area contributed by atoms with Gasteiger partial charge in [0.1, 0.15) is 17.4 Å². The van der Waals surface area contributed by atoms with E-state index in [2.05, 4.69) is 48.3 Å². The van der Waals surface area contributed by atoms with Gasteiger partial charge in [0.25, 0.3) is 0 Å². The van der Waals surface area contributed by atoms with Crippen molar-refractivity contribution in [3.8, 4) is 0 Å². The van der Waals surface area contributed by atoms with E-state index in [0.717, 1.165) is 32.5 Å². The fraction of sp³-hybridized carbons (Fsp3) is 0.525. The summed E-state index contributed by atoms with van der Waals surface area (Å²) in [4.78, 5) is 16.6. The summed E-state index contributed by atoms with van der Waals surface area (Å²) in [5.74, 6) is -2.04. The summed E-state index contributed by atoms with van der Waals surface area (Å²) < 4.78 is 32.1. The zero-order chi connectivity index (χ0) is 36.1. The van der Waals surface area contributed by atoms with Crippen LogP contribution in [0.5, 0.6) is 0 Å². The number of benzene rings is 3. The molecule has 3 aromatic carbocycles. The van der Waals surface area contributed by atoms with Gasteiger partial charge in [0.15, 0.2) is 0 Å². The summed E-state index contributed by atoms with van der Waals surface area (Å²) in [6, 6.07) is 18.0. The number of carbonyl (C=O) groups is 1. The number of nitrogens with one attached hydrogen (secondary N) is 1. The fourth-order valence-corrected chi connectivity index (χ4v) is 8.69. The molecule has 10 heteroatoms. The Morgan fingerprint density at radius 2 is 1.76 bits per heavy atom. The largest absolute Gasteiger partial charge is 0.394 e. The summed E-state index contributed by atoms with van der Waals surface area (Å²) in [6.07, 6.45) is 4.21. The highest BCUT2D eigenvalue weighted by Gasteiger charge is 2.58. The number of likely N-dealkylation sites (tertiary alicyclic amines) is 1. The number of nitrogens with zero attached hydrogens (tertiary/aromatic N) is 1. The average Bonchev–Trinajstić information content (AvgIpc) is 3.37. The van der Waals surface area contributed by atoms with Crippen LogP contribution in [0.3, 0.4) is 0 Å². The first kappa shape index (κ1) is 38.8. The topological polar surface area (TPSA) is 98.8 Å². The third-order valence-corrected chi connectivity index (χ3v) is 11.7. The number of hydrogen-bond donors (Lipinski definition) is 4. The Labute approximate surface area is 305 Å². The molecule has 2 heterocycles. The van der Waals surface area contributed by atoms with Crippen molar-refractivity contribution in [2.45, 2.75) is 101 Å². The molecule has 6 nitrogen and oxygen atoms in total. The number of ketones is 1. The molecular formula is C40H51Cl2F2N3O3. The van der Waals surface area contributed by atoms with Crippen LogP contribution in [0.15, 0.2) is 66.7 Å². The van der Waals surface area contributed by atoms with Gasteiger partial charge in [-0.15, -0.1) is 0 Å². The monoisotopic (exact) mass is 729 g/mol. The molecule has 0 spiro atoms. The molecule has 2 fully saturated rings. The van der Waals surface area contributed by atoms with Crippen LogP contribution in [0.4, 0.5) is 8.78 Å². The van der Waals surface area contributed by atoms with Gasteiger partial charge in [-0.25, -0.2) is 8.78 Å². The zero-order valence-corrected chi connectivity index (χ0v) is 30.6. The molecule has 2 saturated heterocycles. The summed E-state index contributed by atoms with van der Waals surface area (Å²) in [5, 5.41) is 22.5. The second-order valence-corrected chi connectivity index (χ2v) is 15.8. The fourth-order valence-electron chi connectivity index (χ4n) is 8.35. The Bertz CT molecular complexity index is 1590. The van der Waals surface area contributed by atoms with Gasteiger partial charge in [-0.1, -0.05) is 98.4 Å². The minimum atomic E-state index is -1.53. The molecule has 0 saturated carbocycles. The molecule has 5 rings (SSSR count). The van der Waals surface area contributed by atoms with Crippen LogP contribution in [-0.2, 0) is 16.9 Å². The second-order valence-electron chi connectivity index (χ2n) is 15.0. The maximum absolute atomic E-state index is 16.1. The summed E-state index contributed by atoms with van der Waals surface area (Å²) in [6.45, 7) is 6.94. The Balaban J connectivity index is 1.45. The second kappa shape index (κ2) is 16.9. The third kappa shape index (κ3) is 8.77. The summed E-state index contributed by atoms with van der Waals surface area (Å²) in [5.41, 5.74) is 7.34. The van der Waals surface area contributed by atoms with Gasteiger partial charge in [-0.3, -0.25) is 9.69 Å². The minimum Gasteiger partial charge on any atom is -0.394 e. The Morgan fingerprint density at radius 3 is 2.44 bits per heavy atom.